The first-order chi connectivity index (χ1) is 18.7. The van der Waals surface area contributed by atoms with Gasteiger partial charge in [0.15, 0.2) is 17.3 Å². The minimum atomic E-state index is -4.19. The molecule has 3 heterocycles. The van der Waals surface area contributed by atoms with Crippen molar-refractivity contribution in [2.24, 2.45) is 0 Å². The largest absolute Gasteiger partial charge is 0.479 e. The van der Waals surface area contributed by atoms with Crippen LogP contribution in [0.1, 0.15) is 30.0 Å². The van der Waals surface area contributed by atoms with Gasteiger partial charge in [0.1, 0.15) is 17.7 Å². The van der Waals surface area contributed by atoms with Crippen molar-refractivity contribution in [2.45, 2.75) is 25.2 Å². The first-order valence-corrected chi connectivity index (χ1v) is 13.0. The highest BCUT2D eigenvalue weighted by molar-refractivity contribution is 7.93. The Morgan fingerprint density at radius 3 is 2.28 bits per heavy atom. The van der Waals surface area contributed by atoms with E-state index in [9.17, 15) is 13.7 Å². The van der Waals surface area contributed by atoms with Gasteiger partial charge in [-0.25, -0.2) is 18.4 Å². The van der Waals surface area contributed by atoms with Crippen LogP contribution in [0.25, 0.3) is 17.1 Å². The Morgan fingerprint density at radius 2 is 1.69 bits per heavy atom. The number of hydrogen-bond donors (Lipinski definition) is 1. The van der Waals surface area contributed by atoms with Crippen molar-refractivity contribution >= 4 is 16.0 Å². The quantitative estimate of drug-likeness (QED) is 0.304. The number of rotatable bonds is 10. The van der Waals surface area contributed by atoms with E-state index in [-0.39, 0.29) is 35.0 Å². The summed E-state index contributed by atoms with van der Waals surface area (Å²) in [6.45, 7) is 3.28. The molecular formula is C24H25N9O5S. The van der Waals surface area contributed by atoms with Crippen molar-refractivity contribution < 1.29 is 22.6 Å². The van der Waals surface area contributed by atoms with Gasteiger partial charge in [-0.2, -0.15) is 15.2 Å². The molecule has 0 aliphatic rings. The highest BCUT2D eigenvalue weighted by Crippen LogP contribution is 2.36. The molecule has 14 nitrogen and oxygen atoms in total. The number of aryl methyl sites for hydroxylation is 1. The predicted octanol–water partition coefficient (Wildman–Crippen LogP) is 2.23. The average Bonchev–Trinajstić information content (AvgIpc) is 3.35. The second-order valence-electron chi connectivity index (χ2n) is 8.24. The van der Waals surface area contributed by atoms with Crippen molar-refractivity contribution in [1.29, 1.82) is 5.26 Å². The van der Waals surface area contributed by atoms with Gasteiger partial charge in [-0.3, -0.25) is 9.29 Å². The van der Waals surface area contributed by atoms with Crippen LogP contribution in [0.15, 0.2) is 43.0 Å². The molecule has 0 amide bonds. The van der Waals surface area contributed by atoms with Gasteiger partial charge in [0.2, 0.25) is 27.7 Å². The molecule has 39 heavy (non-hydrogen) atoms. The highest BCUT2D eigenvalue weighted by atomic mass is 32.2. The number of methoxy groups -OCH3 is 3. The van der Waals surface area contributed by atoms with Crippen LogP contribution < -0.4 is 14.2 Å². The van der Waals surface area contributed by atoms with Gasteiger partial charge in [-0.1, -0.05) is 12.1 Å². The zero-order chi connectivity index (χ0) is 28.2. The van der Waals surface area contributed by atoms with Crippen molar-refractivity contribution in [3.63, 3.8) is 0 Å². The maximum atomic E-state index is 13.6. The molecule has 0 unspecified atom stereocenters. The lowest BCUT2D eigenvalue weighted by Crippen LogP contribution is -2.33. The Kier molecular flexibility index (Phi) is 7.98. The van der Waals surface area contributed by atoms with Crippen LogP contribution in [-0.4, -0.2) is 69.7 Å². The molecule has 1 aromatic carbocycles. The van der Waals surface area contributed by atoms with E-state index >= 15 is 0 Å². The molecule has 2 atom stereocenters. The zero-order valence-electron chi connectivity index (χ0n) is 21.7. The molecule has 0 aliphatic heterocycles. The summed E-state index contributed by atoms with van der Waals surface area (Å²) in [6.07, 6.45) is 3.40. The van der Waals surface area contributed by atoms with Crippen molar-refractivity contribution in [1.82, 2.24) is 34.7 Å². The molecule has 0 saturated carbocycles. The van der Waals surface area contributed by atoms with Crippen LogP contribution in [0.4, 0.5) is 5.95 Å². The molecule has 0 fully saturated rings. The van der Waals surface area contributed by atoms with E-state index < -0.39 is 21.4 Å². The molecule has 4 rings (SSSR count). The predicted molar refractivity (Wildman–Crippen MR) is 139 cm³/mol. The summed E-state index contributed by atoms with van der Waals surface area (Å²) >= 11 is 0. The number of hydrogen-bond acceptors (Lipinski definition) is 12. The van der Waals surface area contributed by atoms with Gasteiger partial charge >= 0.3 is 0 Å². The van der Waals surface area contributed by atoms with E-state index in [1.807, 2.05) is 6.92 Å². The number of nitrogens with one attached hydrogen (secondary N) is 1. The fourth-order valence-corrected chi connectivity index (χ4v) is 4.88. The lowest BCUT2D eigenvalue weighted by molar-refractivity contribution is 0.0949. The number of benzene rings is 1. The molecule has 0 spiro atoms. The SMILES string of the molecule is COc1ncnc(OC)c1-n1c(NS(=O)(=O)[C@@H](C)[C@H](OC)c2ncc(C)cn2)nnc1-c1cccc(C#N)c1. The van der Waals surface area contributed by atoms with E-state index in [1.54, 1.807) is 36.7 Å². The smallest absolute Gasteiger partial charge is 0.245 e. The van der Waals surface area contributed by atoms with Crippen LogP contribution in [0.2, 0.25) is 0 Å². The lowest BCUT2D eigenvalue weighted by Gasteiger charge is -2.22. The Bertz CT molecular complexity index is 1600. The summed E-state index contributed by atoms with van der Waals surface area (Å²) in [5.41, 5.74) is 1.79. The molecule has 1 N–H and O–H groups in total. The molecule has 202 valence electrons. The maximum Gasteiger partial charge on any atom is 0.245 e. The minimum Gasteiger partial charge on any atom is -0.479 e. The molecule has 0 saturated heterocycles. The minimum absolute atomic E-state index is 0.0654. The third kappa shape index (κ3) is 5.47. The fraction of sp³-hybridized carbons (Fsp3) is 0.292. The Balaban J connectivity index is 1.86. The zero-order valence-corrected chi connectivity index (χ0v) is 22.5. The molecular weight excluding hydrogens is 526 g/mol. The monoisotopic (exact) mass is 551 g/mol. The second kappa shape index (κ2) is 11.4. The van der Waals surface area contributed by atoms with Gasteiger partial charge in [0.25, 0.3) is 0 Å². The normalized spacial score (nSPS) is 12.8. The average molecular weight is 552 g/mol. The van der Waals surface area contributed by atoms with E-state index in [0.29, 0.717) is 11.1 Å². The molecule has 0 aliphatic carbocycles. The highest BCUT2D eigenvalue weighted by Gasteiger charge is 2.35. The standard InChI is InChI=1S/C24H25N9O5S/c1-14-11-26-20(27-12-14)19(36-3)15(2)39(34,35)32-24-31-30-21(17-8-6-7-16(9-17)10-25)33(24)18-22(37-4)28-13-29-23(18)38-5/h6-9,11-13,15,19H,1-5H3,(H,31,32)/t15-,19-/m0/s1. The summed E-state index contributed by atoms with van der Waals surface area (Å²) in [6, 6.07) is 8.64. The number of anilines is 1. The number of nitriles is 1. The van der Waals surface area contributed by atoms with Crippen LogP contribution in [0.5, 0.6) is 11.8 Å². The summed E-state index contributed by atoms with van der Waals surface area (Å²) in [4.78, 5) is 16.7. The summed E-state index contributed by atoms with van der Waals surface area (Å²) in [7, 11) is -0.0303. The van der Waals surface area contributed by atoms with Crippen LogP contribution in [-0.2, 0) is 14.8 Å². The summed E-state index contributed by atoms with van der Waals surface area (Å²) in [5.74, 6) is 0.307. The topological polar surface area (TPSA) is 180 Å². The van der Waals surface area contributed by atoms with Crippen LogP contribution in [0, 0.1) is 18.3 Å². The van der Waals surface area contributed by atoms with Crippen LogP contribution >= 0.6 is 0 Å². The number of ether oxygens (including phenoxy) is 3. The first-order valence-electron chi connectivity index (χ1n) is 11.5. The van der Waals surface area contributed by atoms with Gasteiger partial charge in [-0.15, -0.1) is 10.2 Å². The maximum absolute atomic E-state index is 13.6. The van der Waals surface area contributed by atoms with Gasteiger partial charge in [0.05, 0.1) is 25.9 Å². The third-order valence-electron chi connectivity index (χ3n) is 5.74. The Morgan fingerprint density at radius 1 is 1.03 bits per heavy atom. The lowest BCUT2D eigenvalue weighted by atomic mass is 10.1. The summed E-state index contributed by atoms with van der Waals surface area (Å²) < 4.78 is 47.4. The van der Waals surface area contributed by atoms with E-state index in [4.69, 9.17) is 14.2 Å². The second-order valence-corrected chi connectivity index (χ2v) is 10.3. The number of nitrogens with zero attached hydrogens (tertiary/aromatic N) is 8. The Hall–Kier alpha value is -4.68. The third-order valence-corrected chi connectivity index (χ3v) is 7.43. The van der Waals surface area contributed by atoms with Crippen LogP contribution in [0.3, 0.4) is 0 Å². The van der Waals surface area contributed by atoms with Gasteiger partial charge in [-0.05, 0) is 31.5 Å². The van der Waals surface area contributed by atoms with E-state index in [2.05, 4.69) is 40.9 Å². The first kappa shape index (κ1) is 27.4. The van der Waals surface area contributed by atoms with Crippen molar-refractivity contribution in [2.75, 3.05) is 26.1 Å². The fourth-order valence-electron chi connectivity index (χ4n) is 3.75. The van der Waals surface area contributed by atoms with Gasteiger partial charge < -0.3 is 14.2 Å². The molecule has 3 aromatic heterocycles. The molecule has 4 aromatic rings. The molecule has 15 heteroatoms. The number of aromatic nitrogens is 7. The van der Waals surface area contributed by atoms with E-state index in [1.165, 1.54) is 39.1 Å². The summed E-state index contributed by atoms with van der Waals surface area (Å²) in [5, 5.41) is 16.6. The molecule has 0 bridgehead atoms. The number of sulfonamides is 1. The van der Waals surface area contributed by atoms with Gasteiger partial charge in [0, 0.05) is 25.1 Å². The van der Waals surface area contributed by atoms with Crippen molar-refractivity contribution in [3.8, 4) is 34.9 Å². The molecule has 0 radical (unpaired) electrons. The Labute approximate surface area is 224 Å². The van der Waals surface area contributed by atoms with E-state index in [0.717, 1.165) is 5.56 Å². The van der Waals surface area contributed by atoms with Crippen molar-refractivity contribution in [3.05, 3.63) is 59.9 Å².